The normalized spacial score (nSPS) is 26.7. The molecule has 2 heterocycles. The number of rotatable bonds is 2. The number of aldehydes is 1. The molecule has 1 fully saturated rings. The molecule has 1 aliphatic rings. The molecule has 0 aliphatic carbocycles. The van der Waals surface area contributed by atoms with E-state index in [2.05, 4.69) is 4.90 Å². The molecular weight excluding hydrogens is 210 g/mol. The Labute approximate surface area is 93.3 Å². The molecule has 4 heteroatoms. The van der Waals surface area contributed by atoms with Crippen molar-refractivity contribution in [2.75, 3.05) is 18.0 Å². The van der Waals surface area contributed by atoms with Gasteiger partial charge in [0, 0.05) is 24.2 Å². The number of nitrogens with zero attached hydrogens (tertiary/aromatic N) is 1. The maximum Gasteiger partial charge on any atom is 0.160 e. The minimum Gasteiger partial charge on any atom is -0.388 e. The number of aliphatic hydroxyl groups is 1. The topological polar surface area (TPSA) is 40.5 Å². The molecule has 0 aromatic carbocycles. The van der Waals surface area contributed by atoms with Crippen LogP contribution in [0.25, 0.3) is 0 Å². The second kappa shape index (κ2) is 3.94. The van der Waals surface area contributed by atoms with Gasteiger partial charge >= 0.3 is 0 Å². The van der Waals surface area contributed by atoms with Crippen LogP contribution in [-0.4, -0.2) is 30.1 Å². The number of hydrogen-bond acceptors (Lipinski definition) is 4. The number of thiophene rings is 1. The van der Waals surface area contributed by atoms with E-state index < -0.39 is 5.60 Å². The smallest absolute Gasteiger partial charge is 0.160 e. The molecule has 0 radical (unpaired) electrons. The molecule has 1 aromatic rings. The first kappa shape index (κ1) is 10.6. The summed E-state index contributed by atoms with van der Waals surface area (Å²) in [5, 5.41) is 11.9. The number of piperidine rings is 1. The van der Waals surface area contributed by atoms with Crippen molar-refractivity contribution in [3.63, 3.8) is 0 Å². The second-order valence-electron chi connectivity index (χ2n) is 4.35. The summed E-state index contributed by atoms with van der Waals surface area (Å²) < 4.78 is 0. The Bertz CT molecular complexity index is 359. The van der Waals surface area contributed by atoms with Gasteiger partial charge in [0.05, 0.1) is 10.5 Å². The van der Waals surface area contributed by atoms with Gasteiger partial charge in [-0.3, -0.25) is 4.79 Å². The highest BCUT2D eigenvalue weighted by Gasteiger charge is 2.28. The number of β-amino-alcohol motifs (C(OH)–C–C–N with tert-alkyl or cyclic N) is 1. The first-order chi connectivity index (χ1) is 7.11. The van der Waals surface area contributed by atoms with Crippen molar-refractivity contribution in [2.45, 2.75) is 25.4 Å². The van der Waals surface area contributed by atoms with Crippen LogP contribution in [0.3, 0.4) is 0 Å². The highest BCUT2D eigenvalue weighted by atomic mass is 32.1. The van der Waals surface area contributed by atoms with E-state index in [0.29, 0.717) is 6.54 Å². The van der Waals surface area contributed by atoms with E-state index in [-0.39, 0.29) is 0 Å². The first-order valence-corrected chi connectivity index (χ1v) is 6.00. The average molecular weight is 225 g/mol. The van der Waals surface area contributed by atoms with Gasteiger partial charge in [0.1, 0.15) is 0 Å². The SMILES string of the molecule is CC1(O)CCCN(c2csc(C=O)c2)C1. The summed E-state index contributed by atoms with van der Waals surface area (Å²) in [4.78, 5) is 13.5. The zero-order valence-electron chi connectivity index (χ0n) is 8.77. The molecule has 1 unspecified atom stereocenters. The Kier molecular flexibility index (Phi) is 2.80. The molecule has 1 saturated heterocycles. The van der Waals surface area contributed by atoms with Gasteiger partial charge in [0.25, 0.3) is 0 Å². The van der Waals surface area contributed by atoms with Gasteiger partial charge in [0.2, 0.25) is 0 Å². The van der Waals surface area contributed by atoms with Crippen LogP contribution in [0.2, 0.25) is 0 Å². The predicted octanol–water partition coefficient (Wildman–Crippen LogP) is 1.91. The van der Waals surface area contributed by atoms with Gasteiger partial charge in [-0.15, -0.1) is 11.3 Å². The molecule has 0 bridgehead atoms. The lowest BCUT2D eigenvalue weighted by molar-refractivity contribution is 0.0449. The molecule has 1 aliphatic heterocycles. The summed E-state index contributed by atoms with van der Waals surface area (Å²) in [7, 11) is 0. The van der Waals surface area contributed by atoms with E-state index in [4.69, 9.17) is 0 Å². The number of hydrogen-bond donors (Lipinski definition) is 1. The molecular formula is C11H15NO2S. The lowest BCUT2D eigenvalue weighted by atomic mass is 9.95. The largest absolute Gasteiger partial charge is 0.388 e. The molecule has 3 nitrogen and oxygen atoms in total. The fourth-order valence-corrected chi connectivity index (χ4v) is 2.73. The van der Waals surface area contributed by atoms with Crippen LogP contribution in [0.15, 0.2) is 11.4 Å². The molecule has 0 saturated carbocycles. The van der Waals surface area contributed by atoms with Crippen LogP contribution in [0, 0.1) is 0 Å². The zero-order chi connectivity index (χ0) is 10.9. The maximum absolute atomic E-state index is 10.6. The fraction of sp³-hybridized carbons (Fsp3) is 0.545. The van der Waals surface area contributed by atoms with Crippen LogP contribution in [0.4, 0.5) is 5.69 Å². The van der Waals surface area contributed by atoms with Crippen LogP contribution < -0.4 is 4.90 Å². The summed E-state index contributed by atoms with van der Waals surface area (Å²) in [6.07, 6.45) is 2.73. The molecule has 1 aromatic heterocycles. The van der Waals surface area contributed by atoms with Crippen LogP contribution >= 0.6 is 11.3 Å². The summed E-state index contributed by atoms with van der Waals surface area (Å²) in [5.74, 6) is 0. The Morgan fingerprint density at radius 2 is 2.47 bits per heavy atom. The standard InChI is InChI=1S/C11H15NO2S/c1-11(14)3-2-4-12(8-11)9-5-10(6-13)15-7-9/h5-7,14H,2-4,8H2,1H3. The Morgan fingerprint density at radius 3 is 3.07 bits per heavy atom. The van der Waals surface area contributed by atoms with Crippen molar-refractivity contribution in [2.24, 2.45) is 0 Å². The zero-order valence-corrected chi connectivity index (χ0v) is 9.59. The lowest BCUT2D eigenvalue weighted by Gasteiger charge is -2.37. The minimum absolute atomic E-state index is 0.596. The quantitative estimate of drug-likeness (QED) is 0.782. The van der Waals surface area contributed by atoms with Crippen molar-refractivity contribution < 1.29 is 9.90 Å². The van der Waals surface area contributed by atoms with E-state index in [9.17, 15) is 9.90 Å². The van der Waals surface area contributed by atoms with Crippen LogP contribution in [0.1, 0.15) is 29.4 Å². The molecule has 15 heavy (non-hydrogen) atoms. The Hall–Kier alpha value is -0.870. The third kappa shape index (κ3) is 2.38. The maximum atomic E-state index is 10.6. The first-order valence-electron chi connectivity index (χ1n) is 5.12. The molecule has 2 rings (SSSR count). The molecule has 0 amide bonds. The second-order valence-corrected chi connectivity index (χ2v) is 5.29. The third-order valence-electron chi connectivity index (χ3n) is 2.76. The summed E-state index contributed by atoms with van der Waals surface area (Å²) in [5.41, 5.74) is 0.462. The van der Waals surface area contributed by atoms with Crippen molar-refractivity contribution in [1.29, 1.82) is 0 Å². The lowest BCUT2D eigenvalue weighted by Crippen LogP contribution is -2.46. The molecule has 82 valence electrons. The van der Waals surface area contributed by atoms with E-state index in [1.54, 1.807) is 0 Å². The number of carbonyl (C=O) groups excluding carboxylic acids is 1. The van der Waals surface area contributed by atoms with Crippen LogP contribution in [0.5, 0.6) is 0 Å². The summed E-state index contributed by atoms with van der Waals surface area (Å²) >= 11 is 1.45. The number of carbonyl (C=O) groups is 1. The monoisotopic (exact) mass is 225 g/mol. The van der Waals surface area contributed by atoms with Crippen LogP contribution in [-0.2, 0) is 0 Å². The van der Waals surface area contributed by atoms with Crippen molar-refractivity contribution >= 4 is 23.3 Å². The number of anilines is 1. The fourth-order valence-electron chi connectivity index (χ4n) is 2.01. The van der Waals surface area contributed by atoms with Crippen molar-refractivity contribution in [1.82, 2.24) is 0 Å². The minimum atomic E-state index is -0.596. The molecule has 1 N–H and O–H groups in total. The van der Waals surface area contributed by atoms with Crippen molar-refractivity contribution in [3.8, 4) is 0 Å². The predicted molar refractivity (Wildman–Crippen MR) is 61.8 cm³/mol. The Balaban J connectivity index is 2.13. The highest BCUT2D eigenvalue weighted by Crippen LogP contribution is 2.28. The van der Waals surface area contributed by atoms with Gasteiger partial charge < -0.3 is 10.0 Å². The average Bonchev–Trinajstić information content (AvgIpc) is 2.64. The van der Waals surface area contributed by atoms with E-state index in [1.165, 1.54) is 11.3 Å². The van der Waals surface area contributed by atoms with Gasteiger partial charge in [-0.25, -0.2) is 0 Å². The third-order valence-corrected chi connectivity index (χ3v) is 3.61. The van der Waals surface area contributed by atoms with Gasteiger partial charge in [-0.1, -0.05) is 0 Å². The molecule has 1 atom stereocenters. The summed E-state index contributed by atoms with van der Waals surface area (Å²) in [6.45, 7) is 3.49. The van der Waals surface area contributed by atoms with E-state index in [0.717, 1.165) is 36.2 Å². The Morgan fingerprint density at radius 1 is 1.67 bits per heavy atom. The van der Waals surface area contributed by atoms with Gasteiger partial charge in [-0.2, -0.15) is 0 Å². The summed E-state index contributed by atoms with van der Waals surface area (Å²) in [6, 6.07) is 1.89. The van der Waals surface area contributed by atoms with Crippen molar-refractivity contribution in [3.05, 3.63) is 16.3 Å². The highest BCUT2D eigenvalue weighted by molar-refractivity contribution is 7.12. The van der Waals surface area contributed by atoms with E-state index in [1.807, 2.05) is 18.4 Å². The molecule has 0 spiro atoms. The van der Waals surface area contributed by atoms with Gasteiger partial charge in [-0.05, 0) is 25.8 Å². The van der Waals surface area contributed by atoms with E-state index >= 15 is 0 Å². The van der Waals surface area contributed by atoms with Gasteiger partial charge in [0.15, 0.2) is 6.29 Å².